The summed E-state index contributed by atoms with van der Waals surface area (Å²) in [6.07, 6.45) is 3.84. The number of hydrogen-bond donors (Lipinski definition) is 0. The molecule has 0 spiro atoms. The van der Waals surface area contributed by atoms with Gasteiger partial charge in [0.25, 0.3) is 0 Å². The van der Waals surface area contributed by atoms with Crippen LogP contribution in [-0.4, -0.2) is 37.6 Å². The van der Waals surface area contributed by atoms with E-state index in [1.165, 1.54) is 44.5 Å². The summed E-state index contributed by atoms with van der Waals surface area (Å²) in [6.45, 7) is 5.68. The second kappa shape index (κ2) is 6.66. The molecule has 2 heteroatoms. The predicted molar refractivity (Wildman–Crippen MR) is 67.7 cm³/mol. The summed E-state index contributed by atoms with van der Waals surface area (Å²) >= 11 is 0. The molecule has 2 rings (SSSR count). The van der Waals surface area contributed by atoms with Crippen LogP contribution in [0, 0.1) is 0 Å². The number of rotatable bonds is 5. The highest BCUT2D eigenvalue weighted by Crippen LogP contribution is 2.05. The molecule has 0 saturated carbocycles. The van der Waals surface area contributed by atoms with E-state index >= 15 is 0 Å². The van der Waals surface area contributed by atoms with Crippen molar-refractivity contribution in [2.24, 2.45) is 0 Å². The molecular formula is C14H21N2. The van der Waals surface area contributed by atoms with E-state index in [1.54, 1.807) is 0 Å². The largest absolute Gasteiger partial charge is 0.301 e. The van der Waals surface area contributed by atoms with Gasteiger partial charge in [-0.25, -0.2) is 5.32 Å². The smallest absolute Gasteiger partial charge is 0.0261 e. The molecule has 16 heavy (non-hydrogen) atoms. The van der Waals surface area contributed by atoms with Gasteiger partial charge < -0.3 is 4.90 Å². The molecule has 1 aliphatic rings. The molecule has 2 nitrogen and oxygen atoms in total. The van der Waals surface area contributed by atoms with Crippen molar-refractivity contribution in [1.82, 2.24) is 10.2 Å². The molecule has 1 aromatic carbocycles. The molecule has 1 aliphatic heterocycles. The van der Waals surface area contributed by atoms with E-state index in [0.29, 0.717) is 0 Å². The lowest BCUT2D eigenvalue weighted by Crippen LogP contribution is -2.40. The highest BCUT2D eigenvalue weighted by Gasteiger charge is 2.08. The van der Waals surface area contributed by atoms with Gasteiger partial charge in [0.2, 0.25) is 0 Å². The van der Waals surface area contributed by atoms with E-state index in [1.807, 2.05) is 0 Å². The fourth-order valence-electron chi connectivity index (χ4n) is 2.18. The Kier molecular flexibility index (Phi) is 4.84. The quantitative estimate of drug-likeness (QED) is 0.689. The van der Waals surface area contributed by atoms with E-state index < -0.39 is 0 Å². The molecule has 0 unspecified atom stereocenters. The molecule has 0 amide bonds. The van der Waals surface area contributed by atoms with Gasteiger partial charge in [-0.2, -0.15) is 0 Å². The third-order valence-corrected chi connectivity index (χ3v) is 3.18. The van der Waals surface area contributed by atoms with Gasteiger partial charge in [-0.15, -0.1) is 0 Å². The number of unbranched alkanes of at least 4 members (excludes halogenated alkanes) is 1. The first-order chi connectivity index (χ1) is 7.95. The number of nitrogens with zero attached hydrogens (tertiary/aromatic N) is 2. The first kappa shape index (κ1) is 11.6. The minimum atomic E-state index is 1.04. The van der Waals surface area contributed by atoms with Crippen LogP contribution in [0.25, 0.3) is 0 Å². The maximum absolute atomic E-state index is 4.36. The lowest BCUT2D eigenvalue weighted by atomic mass is 10.1. The molecule has 1 saturated heterocycles. The average molecular weight is 217 g/mol. The number of piperazine rings is 1. The Hall–Kier alpha value is -0.860. The minimum absolute atomic E-state index is 1.04. The maximum atomic E-state index is 4.36. The average Bonchev–Trinajstić information content (AvgIpc) is 2.37. The topological polar surface area (TPSA) is 17.3 Å². The van der Waals surface area contributed by atoms with Gasteiger partial charge in [-0.05, 0) is 31.4 Å². The van der Waals surface area contributed by atoms with E-state index in [4.69, 9.17) is 0 Å². The van der Waals surface area contributed by atoms with E-state index in [9.17, 15) is 0 Å². The van der Waals surface area contributed by atoms with Gasteiger partial charge in [0.05, 0.1) is 0 Å². The monoisotopic (exact) mass is 217 g/mol. The SMILES string of the molecule is c1ccc(CCCCN2CC[N]CC2)cc1. The Bertz CT molecular complexity index is 278. The molecule has 0 bridgehead atoms. The summed E-state index contributed by atoms with van der Waals surface area (Å²) in [6, 6.07) is 10.8. The van der Waals surface area contributed by atoms with Crippen LogP contribution in [0.5, 0.6) is 0 Å². The van der Waals surface area contributed by atoms with Crippen LogP contribution < -0.4 is 5.32 Å². The zero-order valence-corrected chi connectivity index (χ0v) is 9.94. The molecule has 0 N–H and O–H groups in total. The summed E-state index contributed by atoms with van der Waals surface area (Å²) in [7, 11) is 0. The van der Waals surface area contributed by atoms with Crippen molar-refractivity contribution >= 4 is 0 Å². The predicted octanol–water partition coefficient (Wildman–Crippen LogP) is 1.93. The van der Waals surface area contributed by atoms with Crippen LogP contribution in [0.3, 0.4) is 0 Å². The molecular weight excluding hydrogens is 196 g/mol. The second-order valence-electron chi connectivity index (χ2n) is 4.46. The van der Waals surface area contributed by atoms with Crippen molar-refractivity contribution in [2.75, 3.05) is 32.7 Å². The standard InChI is InChI=1S/C14H21N2/c1-2-6-14(7-3-1)8-4-5-11-16-12-9-15-10-13-16/h1-3,6-7H,4-5,8-13H2. The van der Waals surface area contributed by atoms with Gasteiger partial charge in [-0.3, -0.25) is 0 Å². The molecule has 1 fully saturated rings. The second-order valence-corrected chi connectivity index (χ2v) is 4.46. The van der Waals surface area contributed by atoms with Crippen molar-refractivity contribution < 1.29 is 0 Å². The van der Waals surface area contributed by atoms with Crippen molar-refractivity contribution in [3.8, 4) is 0 Å². The molecule has 87 valence electrons. The van der Waals surface area contributed by atoms with Gasteiger partial charge in [-0.1, -0.05) is 30.3 Å². The normalized spacial score (nSPS) is 17.5. The van der Waals surface area contributed by atoms with Crippen LogP contribution in [0.4, 0.5) is 0 Å². The van der Waals surface area contributed by atoms with Crippen molar-refractivity contribution in [3.63, 3.8) is 0 Å². The van der Waals surface area contributed by atoms with E-state index in [2.05, 4.69) is 40.5 Å². The highest BCUT2D eigenvalue weighted by atomic mass is 15.2. The van der Waals surface area contributed by atoms with Crippen LogP contribution in [-0.2, 0) is 6.42 Å². The van der Waals surface area contributed by atoms with Crippen LogP contribution in [0.1, 0.15) is 18.4 Å². The zero-order valence-electron chi connectivity index (χ0n) is 9.94. The van der Waals surface area contributed by atoms with E-state index in [-0.39, 0.29) is 0 Å². The number of aryl methyl sites for hydroxylation is 1. The highest BCUT2D eigenvalue weighted by molar-refractivity contribution is 5.14. The summed E-state index contributed by atoms with van der Waals surface area (Å²) < 4.78 is 0. The Morgan fingerprint density at radius 2 is 1.75 bits per heavy atom. The first-order valence-electron chi connectivity index (χ1n) is 6.35. The summed E-state index contributed by atoms with van der Waals surface area (Å²) in [4.78, 5) is 2.54. The lowest BCUT2D eigenvalue weighted by molar-refractivity contribution is 0.234. The van der Waals surface area contributed by atoms with Gasteiger partial charge >= 0.3 is 0 Å². The molecule has 0 aliphatic carbocycles. The van der Waals surface area contributed by atoms with E-state index in [0.717, 1.165) is 13.1 Å². The van der Waals surface area contributed by atoms with Gasteiger partial charge in [0, 0.05) is 26.2 Å². The van der Waals surface area contributed by atoms with Crippen LogP contribution in [0.2, 0.25) is 0 Å². The van der Waals surface area contributed by atoms with Crippen molar-refractivity contribution in [2.45, 2.75) is 19.3 Å². The summed E-state index contributed by atoms with van der Waals surface area (Å²) in [5, 5.41) is 4.36. The Morgan fingerprint density at radius 1 is 1.00 bits per heavy atom. The molecule has 1 aromatic rings. The Balaban J connectivity index is 1.58. The Morgan fingerprint density at radius 3 is 2.50 bits per heavy atom. The van der Waals surface area contributed by atoms with Gasteiger partial charge in [0.15, 0.2) is 0 Å². The summed E-state index contributed by atoms with van der Waals surface area (Å²) in [5.74, 6) is 0. The fraction of sp³-hybridized carbons (Fsp3) is 0.571. The zero-order chi connectivity index (χ0) is 11.1. The van der Waals surface area contributed by atoms with Crippen LogP contribution in [0.15, 0.2) is 30.3 Å². The fourth-order valence-corrected chi connectivity index (χ4v) is 2.18. The van der Waals surface area contributed by atoms with Gasteiger partial charge in [0.1, 0.15) is 0 Å². The molecule has 0 aromatic heterocycles. The van der Waals surface area contributed by atoms with Crippen molar-refractivity contribution in [3.05, 3.63) is 35.9 Å². The maximum Gasteiger partial charge on any atom is 0.0261 e. The van der Waals surface area contributed by atoms with Crippen molar-refractivity contribution in [1.29, 1.82) is 0 Å². The van der Waals surface area contributed by atoms with Crippen LogP contribution >= 0.6 is 0 Å². The third-order valence-electron chi connectivity index (χ3n) is 3.18. The molecule has 0 atom stereocenters. The molecule has 1 heterocycles. The minimum Gasteiger partial charge on any atom is -0.301 e. The third kappa shape index (κ3) is 3.95. The lowest BCUT2D eigenvalue weighted by Gasteiger charge is -2.26. The number of hydrogen-bond acceptors (Lipinski definition) is 1. The number of benzene rings is 1. The summed E-state index contributed by atoms with van der Waals surface area (Å²) in [5.41, 5.74) is 1.47. The Labute approximate surface area is 98.7 Å². The first-order valence-corrected chi connectivity index (χ1v) is 6.35. The molecule has 1 radical (unpaired) electrons.